The van der Waals surface area contributed by atoms with Crippen LogP contribution in [0.1, 0.15) is 41.3 Å². The Bertz CT molecular complexity index is 2140. The number of hydrogen-bond donors (Lipinski definition) is 5. The lowest BCUT2D eigenvalue weighted by molar-refractivity contribution is -0.125. The van der Waals surface area contributed by atoms with Crippen molar-refractivity contribution in [1.82, 2.24) is 14.5 Å². The molecule has 0 spiro atoms. The van der Waals surface area contributed by atoms with Crippen molar-refractivity contribution in [3.63, 3.8) is 0 Å². The zero-order valence-corrected chi connectivity index (χ0v) is 27.5. The van der Waals surface area contributed by atoms with Crippen LogP contribution in [-0.2, 0) is 22.7 Å². The van der Waals surface area contributed by atoms with E-state index in [1.54, 1.807) is 42.5 Å². The first kappa shape index (κ1) is 34.8. The zero-order valence-electron chi connectivity index (χ0n) is 27.5. The molecule has 0 unspecified atom stereocenters. The third-order valence-corrected chi connectivity index (χ3v) is 7.90. The average Bonchev–Trinajstić information content (AvgIpc) is 3.10. The molecular formula is C37H38N8O5. The molecule has 50 heavy (non-hydrogen) atoms. The normalized spacial score (nSPS) is 11.4. The number of hydrogen-bond acceptors (Lipinski definition) is 6. The van der Waals surface area contributed by atoms with Gasteiger partial charge in [0.1, 0.15) is 6.04 Å². The summed E-state index contributed by atoms with van der Waals surface area (Å²) in [7, 11) is 0. The monoisotopic (exact) mass is 674 g/mol. The Kier molecular flexibility index (Phi) is 11.2. The summed E-state index contributed by atoms with van der Waals surface area (Å²) in [5, 5.41) is 8.56. The SMILES string of the molecule is CC(=O)N[C@@H](CCCN=C(N)N)C(=O)Nc1ccc(C(=O)Nc2ccc3c(=O)n(Cc4ccccc4)c(=O)n(Cc4ccccc4)c3c2)cc1. The molecule has 0 fully saturated rings. The van der Waals surface area contributed by atoms with E-state index in [-0.39, 0.29) is 25.0 Å². The summed E-state index contributed by atoms with van der Waals surface area (Å²) in [6, 6.07) is 29.0. The largest absolute Gasteiger partial charge is 0.370 e. The standard InChI is InChI=1S/C37H38N8O5/c1-24(46)41-31(13-8-20-40-36(38)39)34(48)42-28-16-14-27(15-17-28)33(47)43-29-18-19-30-32(21-29)44(22-25-9-4-2-5-10-25)37(50)45(35(30)49)23-26-11-6-3-7-12-26/h2-7,9-12,14-19,21,31H,8,13,20,22-23H2,1H3,(H,41,46)(H,42,48)(H,43,47)(H4,38,39,40)/t31-/m0/s1. The average molecular weight is 675 g/mol. The van der Waals surface area contributed by atoms with Crippen molar-refractivity contribution in [2.45, 2.75) is 38.9 Å². The maximum atomic E-state index is 13.8. The number of nitrogens with one attached hydrogen (secondary N) is 3. The molecule has 0 saturated carbocycles. The maximum absolute atomic E-state index is 13.8. The van der Waals surface area contributed by atoms with Gasteiger partial charge in [0.25, 0.3) is 11.5 Å². The number of aromatic nitrogens is 2. The number of anilines is 2. The summed E-state index contributed by atoms with van der Waals surface area (Å²) in [5.74, 6) is -1.28. The molecule has 0 bridgehead atoms. The number of amides is 3. The second-order valence-electron chi connectivity index (χ2n) is 11.7. The minimum Gasteiger partial charge on any atom is -0.370 e. The van der Waals surface area contributed by atoms with E-state index in [0.29, 0.717) is 47.2 Å². The molecule has 1 aromatic heterocycles. The van der Waals surface area contributed by atoms with E-state index < -0.39 is 29.1 Å². The number of rotatable bonds is 13. The van der Waals surface area contributed by atoms with E-state index in [1.165, 1.54) is 16.1 Å². The van der Waals surface area contributed by atoms with E-state index in [1.807, 2.05) is 60.7 Å². The molecule has 13 heteroatoms. The summed E-state index contributed by atoms with van der Waals surface area (Å²) in [4.78, 5) is 69.2. The molecule has 0 aliphatic rings. The highest BCUT2D eigenvalue weighted by atomic mass is 16.2. The fourth-order valence-corrected chi connectivity index (χ4v) is 5.47. The van der Waals surface area contributed by atoms with Crippen molar-refractivity contribution in [3.8, 4) is 0 Å². The van der Waals surface area contributed by atoms with Gasteiger partial charge in [0.05, 0.1) is 24.0 Å². The third kappa shape index (κ3) is 8.89. The molecule has 5 rings (SSSR count). The molecule has 5 aromatic rings. The quantitative estimate of drug-likeness (QED) is 0.0719. The number of aliphatic imine (C=N–C) groups is 1. The van der Waals surface area contributed by atoms with Crippen molar-refractivity contribution >= 4 is 46.0 Å². The second kappa shape index (κ2) is 16.1. The van der Waals surface area contributed by atoms with E-state index in [0.717, 1.165) is 11.1 Å². The van der Waals surface area contributed by atoms with Crippen LogP contribution >= 0.6 is 0 Å². The van der Waals surface area contributed by atoms with Crippen molar-refractivity contribution < 1.29 is 14.4 Å². The van der Waals surface area contributed by atoms with Crippen LogP contribution in [0, 0.1) is 0 Å². The van der Waals surface area contributed by atoms with Crippen molar-refractivity contribution in [3.05, 3.63) is 141 Å². The van der Waals surface area contributed by atoms with Gasteiger partial charge in [0, 0.05) is 30.4 Å². The summed E-state index contributed by atoms with van der Waals surface area (Å²) < 4.78 is 2.77. The molecule has 0 aliphatic carbocycles. The molecular weight excluding hydrogens is 636 g/mol. The van der Waals surface area contributed by atoms with Gasteiger partial charge in [-0.05, 0) is 66.4 Å². The van der Waals surface area contributed by atoms with Crippen LogP contribution < -0.4 is 38.7 Å². The number of nitrogens with zero attached hydrogens (tertiary/aromatic N) is 3. The van der Waals surface area contributed by atoms with Crippen LogP contribution in [0.15, 0.2) is 118 Å². The Labute approximate surface area is 287 Å². The predicted octanol–water partition coefficient (Wildman–Crippen LogP) is 3.01. The molecule has 1 heterocycles. The highest BCUT2D eigenvalue weighted by Gasteiger charge is 2.20. The minimum atomic E-state index is -0.806. The van der Waals surface area contributed by atoms with Gasteiger partial charge in [-0.1, -0.05) is 60.7 Å². The van der Waals surface area contributed by atoms with Gasteiger partial charge in [-0.2, -0.15) is 0 Å². The Hall–Kier alpha value is -6.50. The van der Waals surface area contributed by atoms with Gasteiger partial charge in [-0.25, -0.2) is 4.79 Å². The number of carbonyl (C=O) groups excluding carboxylic acids is 3. The lowest BCUT2D eigenvalue weighted by atomic mass is 10.1. The van der Waals surface area contributed by atoms with Crippen LogP contribution in [0.5, 0.6) is 0 Å². The van der Waals surface area contributed by atoms with E-state index in [4.69, 9.17) is 11.5 Å². The molecule has 256 valence electrons. The van der Waals surface area contributed by atoms with Gasteiger partial charge in [0.15, 0.2) is 5.96 Å². The summed E-state index contributed by atoms with van der Waals surface area (Å²) in [5.41, 5.74) is 13.0. The van der Waals surface area contributed by atoms with Gasteiger partial charge in [-0.3, -0.25) is 33.3 Å². The van der Waals surface area contributed by atoms with Gasteiger partial charge < -0.3 is 27.4 Å². The minimum absolute atomic E-state index is 0.0533. The van der Waals surface area contributed by atoms with Gasteiger partial charge >= 0.3 is 5.69 Å². The first-order valence-corrected chi connectivity index (χ1v) is 16.0. The Morgan fingerprint density at radius 1 is 0.760 bits per heavy atom. The lowest BCUT2D eigenvalue weighted by Gasteiger charge is -2.17. The van der Waals surface area contributed by atoms with E-state index >= 15 is 0 Å². The lowest BCUT2D eigenvalue weighted by Crippen LogP contribution is -2.43. The molecule has 0 saturated heterocycles. The Morgan fingerprint density at radius 2 is 1.36 bits per heavy atom. The fourth-order valence-electron chi connectivity index (χ4n) is 5.47. The van der Waals surface area contributed by atoms with Gasteiger partial charge in [-0.15, -0.1) is 0 Å². The molecule has 7 N–H and O–H groups in total. The van der Waals surface area contributed by atoms with Crippen molar-refractivity contribution in [1.29, 1.82) is 0 Å². The summed E-state index contributed by atoms with van der Waals surface area (Å²) in [6.45, 7) is 1.97. The summed E-state index contributed by atoms with van der Waals surface area (Å²) >= 11 is 0. The highest BCUT2D eigenvalue weighted by Crippen LogP contribution is 2.19. The zero-order chi connectivity index (χ0) is 35.6. The molecule has 0 radical (unpaired) electrons. The van der Waals surface area contributed by atoms with Crippen LogP contribution in [0.3, 0.4) is 0 Å². The molecule has 0 aliphatic heterocycles. The smallest absolute Gasteiger partial charge is 0.332 e. The summed E-state index contributed by atoms with van der Waals surface area (Å²) in [6.07, 6.45) is 0.783. The van der Waals surface area contributed by atoms with Crippen LogP contribution in [0.25, 0.3) is 10.9 Å². The van der Waals surface area contributed by atoms with Crippen LogP contribution in [0.2, 0.25) is 0 Å². The number of guanidine groups is 1. The third-order valence-electron chi connectivity index (χ3n) is 7.90. The van der Waals surface area contributed by atoms with Crippen LogP contribution in [-0.4, -0.2) is 45.4 Å². The molecule has 4 aromatic carbocycles. The van der Waals surface area contributed by atoms with E-state index in [9.17, 15) is 24.0 Å². The first-order valence-electron chi connectivity index (χ1n) is 16.0. The first-order chi connectivity index (χ1) is 24.1. The maximum Gasteiger partial charge on any atom is 0.332 e. The van der Waals surface area contributed by atoms with Crippen molar-refractivity contribution in [2.24, 2.45) is 16.5 Å². The Balaban J connectivity index is 1.35. The second-order valence-corrected chi connectivity index (χ2v) is 11.7. The van der Waals surface area contributed by atoms with Crippen LogP contribution in [0.4, 0.5) is 11.4 Å². The number of nitrogens with two attached hydrogens (primary N) is 2. The molecule has 3 amide bonds. The van der Waals surface area contributed by atoms with Crippen molar-refractivity contribution in [2.75, 3.05) is 17.2 Å². The Morgan fingerprint density at radius 3 is 1.96 bits per heavy atom. The molecule has 1 atom stereocenters. The van der Waals surface area contributed by atoms with E-state index in [2.05, 4.69) is 20.9 Å². The highest BCUT2D eigenvalue weighted by molar-refractivity contribution is 6.05. The number of benzene rings is 4. The fraction of sp³-hybridized carbons (Fsp3) is 0.189. The topological polar surface area (TPSA) is 196 Å². The molecule has 13 nitrogen and oxygen atoms in total. The number of fused-ring (bicyclic) bond motifs is 1. The predicted molar refractivity (Wildman–Crippen MR) is 194 cm³/mol. The van der Waals surface area contributed by atoms with Gasteiger partial charge in [0.2, 0.25) is 11.8 Å². The number of carbonyl (C=O) groups is 3.